The van der Waals surface area contributed by atoms with E-state index in [4.69, 9.17) is 10.2 Å². The van der Waals surface area contributed by atoms with Gasteiger partial charge in [-0.3, -0.25) is 4.79 Å². The summed E-state index contributed by atoms with van der Waals surface area (Å²) in [5.74, 6) is 0.612. The minimum absolute atomic E-state index is 0.147. The van der Waals surface area contributed by atoms with Crippen LogP contribution in [0.4, 0.5) is 5.69 Å². The number of hydrogen-bond donors (Lipinski definition) is 1. The van der Waals surface area contributed by atoms with Crippen LogP contribution in [-0.2, 0) is 17.1 Å². The molecule has 4 aromatic rings. The smallest absolute Gasteiger partial charge is 0.244 e. The third kappa shape index (κ3) is 4.48. The van der Waals surface area contributed by atoms with Crippen molar-refractivity contribution in [3.05, 3.63) is 90.0 Å². The van der Waals surface area contributed by atoms with E-state index in [0.717, 1.165) is 21.9 Å². The molecule has 0 aliphatic carbocycles. The molecule has 1 amide bonds. The second kappa shape index (κ2) is 8.63. The molecule has 0 aliphatic rings. The average molecular weight is 398 g/mol. The maximum Gasteiger partial charge on any atom is 0.244 e. The highest BCUT2D eigenvalue weighted by molar-refractivity contribution is 7.98. The highest BCUT2D eigenvalue weighted by atomic mass is 32.2. The molecule has 3 aromatic carbocycles. The van der Waals surface area contributed by atoms with Crippen LogP contribution in [-0.4, -0.2) is 15.5 Å². The molecule has 0 unspecified atom stereocenters. The van der Waals surface area contributed by atoms with Crippen LogP contribution in [0.3, 0.4) is 0 Å². The van der Waals surface area contributed by atoms with Gasteiger partial charge in [0.25, 0.3) is 0 Å². The Morgan fingerprint density at radius 3 is 2.66 bits per heavy atom. The highest BCUT2D eigenvalue weighted by Crippen LogP contribution is 2.27. The first-order valence-electron chi connectivity index (χ1n) is 9.15. The topological polar surface area (TPSA) is 70.7 Å². The molecule has 1 heterocycles. The van der Waals surface area contributed by atoms with Gasteiger partial charge in [-0.15, -0.1) is 0 Å². The molecule has 0 bridgehead atoms. The minimum Gasteiger partial charge on any atom is -0.324 e. The Balaban J connectivity index is 1.56. The summed E-state index contributed by atoms with van der Waals surface area (Å²) in [7, 11) is 0. The van der Waals surface area contributed by atoms with Gasteiger partial charge in [0.2, 0.25) is 5.91 Å². The number of nitriles is 1. The Labute approximate surface area is 173 Å². The Bertz CT molecular complexity index is 1190. The average Bonchev–Trinajstić information content (AvgIpc) is 3.10. The quantitative estimate of drug-likeness (QED) is 0.472. The molecule has 0 aliphatic heterocycles. The fraction of sp³-hybridized carbons (Fsp3) is 0.0870. The molecule has 0 fully saturated rings. The molecule has 4 rings (SSSR count). The number of benzene rings is 3. The van der Waals surface area contributed by atoms with Crippen molar-refractivity contribution >= 4 is 34.4 Å². The van der Waals surface area contributed by atoms with Crippen LogP contribution in [0.5, 0.6) is 0 Å². The largest absolute Gasteiger partial charge is 0.324 e. The zero-order valence-electron chi connectivity index (χ0n) is 15.6. The summed E-state index contributed by atoms with van der Waals surface area (Å²) in [6.45, 7) is 0.147. The maximum absolute atomic E-state index is 12.7. The monoisotopic (exact) mass is 398 g/mol. The van der Waals surface area contributed by atoms with Gasteiger partial charge in [-0.05, 0) is 35.9 Å². The van der Waals surface area contributed by atoms with Crippen LogP contribution in [0.25, 0.3) is 11.0 Å². The van der Waals surface area contributed by atoms with Crippen LogP contribution in [0.1, 0.15) is 11.1 Å². The number of hydrogen-bond acceptors (Lipinski definition) is 4. The first-order valence-corrected chi connectivity index (χ1v) is 10.1. The first kappa shape index (κ1) is 18.8. The molecule has 5 nitrogen and oxygen atoms in total. The van der Waals surface area contributed by atoms with Gasteiger partial charge in [0, 0.05) is 11.4 Å². The molecule has 1 aromatic heterocycles. The van der Waals surface area contributed by atoms with Crippen molar-refractivity contribution in [2.75, 3.05) is 5.32 Å². The van der Waals surface area contributed by atoms with Crippen molar-refractivity contribution in [1.82, 2.24) is 9.55 Å². The molecule has 0 radical (unpaired) electrons. The van der Waals surface area contributed by atoms with E-state index in [1.165, 1.54) is 5.56 Å². The summed E-state index contributed by atoms with van der Waals surface area (Å²) in [6.07, 6.45) is 0. The summed E-state index contributed by atoms with van der Waals surface area (Å²) in [5, 5.41) is 12.7. The van der Waals surface area contributed by atoms with Gasteiger partial charge in [0.1, 0.15) is 6.54 Å². The van der Waals surface area contributed by atoms with Crippen molar-refractivity contribution in [3.63, 3.8) is 0 Å². The SMILES string of the molecule is N#Cc1cccc(NC(=O)Cn2c(SCc3ccccc3)nc3ccccc32)c1. The first-order chi connectivity index (χ1) is 14.2. The number of aromatic nitrogens is 2. The summed E-state index contributed by atoms with van der Waals surface area (Å²) in [6, 6.07) is 27.0. The number of carbonyl (C=O) groups excluding carboxylic acids is 1. The lowest BCUT2D eigenvalue weighted by atomic mass is 10.2. The van der Waals surface area contributed by atoms with E-state index in [1.54, 1.807) is 36.0 Å². The number of nitrogens with one attached hydrogen (secondary N) is 1. The van der Waals surface area contributed by atoms with Crippen molar-refractivity contribution in [1.29, 1.82) is 5.26 Å². The van der Waals surface area contributed by atoms with Crippen LogP contribution >= 0.6 is 11.8 Å². The van der Waals surface area contributed by atoms with Crippen molar-refractivity contribution in [3.8, 4) is 6.07 Å². The molecule has 1 N–H and O–H groups in total. The number of amides is 1. The summed E-state index contributed by atoms with van der Waals surface area (Å²) >= 11 is 1.61. The van der Waals surface area contributed by atoms with E-state index in [9.17, 15) is 4.79 Å². The van der Waals surface area contributed by atoms with E-state index >= 15 is 0 Å². The van der Waals surface area contributed by atoms with Gasteiger partial charge >= 0.3 is 0 Å². The number of para-hydroxylation sites is 2. The van der Waals surface area contributed by atoms with Crippen LogP contribution < -0.4 is 5.32 Å². The lowest BCUT2D eigenvalue weighted by molar-refractivity contribution is -0.116. The Hall–Kier alpha value is -3.56. The second-order valence-electron chi connectivity index (χ2n) is 6.48. The predicted octanol–water partition coefficient (Wildman–Crippen LogP) is 4.84. The van der Waals surface area contributed by atoms with Crippen molar-refractivity contribution < 1.29 is 4.79 Å². The normalized spacial score (nSPS) is 10.6. The van der Waals surface area contributed by atoms with E-state index in [-0.39, 0.29) is 12.5 Å². The summed E-state index contributed by atoms with van der Waals surface area (Å²) in [4.78, 5) is 17.4. The Morgan fingerprint density at radius 1 is 1.03 bits per heavy atom. The van der Waals surface area contributed by atoms with Crippen molar-refractivity contribution in [2.45, 2.75) is 17.5 Å². The third-order valence-corrected chi connectivity index (χ3v) is 5.45. The third-order valence-electron chi connectivity index (χ3n) is 4.41. The number of rotatable bonds is 6. The molecule has 0 saturated heterocycles. The molecule has 29 heavy (non-hydrogen) atoms. The number of fused-ring (bicyclic) bond motifs is 1. The summed E-state index contributed by atoms with van der Waals surface area (Å²) in [5.41, 5.74) is 4.10. The Morgan fingerprint density at radius 2 is 1.83 bits per heavy atom. The molecular weight excluding hydrogens is 380 g/mol. The fourth-order valence-corrected chi connectivity index (χ4v) is 4.02. The fourth-order valence-electron chi connectivity index (χ4n) is 3.05. The number of imidazole rings is 1. The van der Waals surface area contributed by atoms with E-state index < -0.39 is 0 Å². The minimum atomic E-state index is -0.162. The van der Waals surface area contributed by atoms with Gasteiger partial charge in [-0.2, -0.15) is 5.26 Å². The molecule has 6 heteroatoms. The van der Waals surface area contributed by atoms with Crippen LogP contribution in [0.15, 0.2) is 84.0 Å². The van der Waals surface area contributed by atoms with E-state index in [2.05, 4.69) is 23.5 Å². The zero-order chi connectivity index (χ0) is 20.1. The maximum atomic E-state index is 12.7. The van der Waals surface area contributed by atoms with E-state index in [1.807, 2.05) is 47.0 Å². The second-order valence-corrected chi connectivity index (χ2v) is 7.43. The number of nitrogens with zero attached hydrogens (tertiary/aromatic N) is 3. The number of anilines is 1. The lowest BCUT2D eigenvalue weighted by Gasteiger charge is -2.10. The van der Waals surface area contributed by atoms with Gasteiger partial charge in [-0.1, -0.05) is 60.3 Å². The molecular formula is C23H18N4OS. The number of carbonyl (C=O) groups is 1. The lowest BCUT2D eigenvalue weighted by Crippen LogP contribution is -2.19. The van der Waals surface area contributed by atoms with E-state index in [0.29, 0.717) is 11.3 Å². The molecule has 0 saturated carbocycles. The van der Waals surface area contributed by atoms with Crippen LogP contribution in [0.2, 0.25) is 0 Å². The van der Waals surface area contributed by atoms with Crippen LogP contribution in [0, 0.1) is 11.3 Å². The van der Waals surface area contributed by atoms with Gasteiger partial charge in [-0.25, -0.2) is 4.98 Å². The molecule has 142 valence electrons. The predicted molar refractivity (Wildman–Crippen MR) is 116 cm³/mol. The molecule has 0 spiro atoms. The Kier molecular flexibility index (Phi) is 5.59. The van der Waals surface area contributed by atoms with Gasteiger partial charge < -0.3 is 9.88 Å². The van der Waals surface area contributed by atoms with Crippen molar-refractivity contribution in [2.24, 2.45) is 0 Å². The molecule has 0 atom stereocenters. The highest BCUT2D eigenvalue weighted by Gasteiger charge is 2.14. The van der Waals surface area contributed by atoms with Gasteiger partial charge in [0.05, 0.1) is 22.7 Å². The standard InChI is InChI=1S/C23H18N4OS/c24-14-18-9-6-10-19(13-18)25-22(28)15-27-21-12-5-4-11-20(21)26-23(27)29-16-17-7-2-1-3-8-17/h1-13H,15-16H2,(H,25,28). The summed E-state index contributed by atoms with van der Waals surface area (Å²) < 4.78 is 1.94. The zero-order valence-corrected chi connectivity index (χ0v) is 16.4. The van der Waals surface area contributed by atoms with Gasteiger partial charge in [0.15, 0.2) is 5.16 Å². The number of thioether (sulfide) groups is 1.